The lowest BCUT2D eigenvalue weighted by molar-refractivity contribution is 0.270. The third-order valence-corrected chi connectivity index (χ3v) is 2.89. The SMILES string of the molecule is CCC(C)c1ccc(NCC(N)CO)cc1. The zero-order chi connectivity index (χ0) is 12.0. The fraction of sp³-hybridized carbons (Fsp3) is 0.538. The topological polar surface area (TPSA) is 58.3 Å². The highest BCUT2D eigenvalue weighted by molar-refractivity contribution is 5.45. The van der Waals surface area contributed by atoms with Crippen molar-refractivity contribution < 1.29 is 5.11 Å². The van der Waals surface area contributed by atoms with E-state index in [0.717, 1.165) is 12.1 Å². The molecule has 3 heteroatoms. The second-order valence-electron chi connectivity index (χ2n) is 4.25. The largest absolute Gasteiger partial charge is 0.395 e. The first-order valence-corrected chi connectivity index (χ1v) is 5.87. The molecule has 0 amide bonds. The Bertz CT molecular complexity index is 297. The Hall–Kier alpha value is -1.06. The van der Waals surface area contributed by atoms with Gasteiger partial charge in [-0.2, -0.15) is 0 Å². The van der Waals surface area contributed by atoms with Crippen molar-refractivity contribution in [2.24, 2.45) is 5.73 Å². The van der Waals surface area contributed by atoms with Crippen LogP contribution in [0.5, 0.6) is 0 Å². The van der Waals surface area contributed by atoms with Gasteiger partial charge in [0, 0.05) is 18.3 Å². The van der Waals surface area contributed by atoms with Crippen LogP contribution in [-0.2, 0) is 0 Å². The molecule has 0 aromatic heterocycles. The summed E-state index contributed by atoms with van der Waals surface area (Å²) in [6.45, 7) is 5.03. The van der Waals surface area contributed by atoms with Crippen LogP contribution < -0.4 is 11.1 Å². The average molecular weight is 222 g/mol. The van der Waals surface area contributed by atoms with Gasteiger partial charge in [-0.25, -0.2) is 0 Å². The molecule has 0 saturated heterocycles. The first-order chi connectivity index (χ1) is 7.67. The molecule has 0 aliphatic carbocycles. The minimum absolute atomic E-state index is 0.0119. The van der Waals surface area contributed by atoms with Gasteiger partial charge in [0.25, 0.3) is 0 Å². The molecule has 1 aromatic rings. The molecule has 1 aromatic carbocycles. The van der Waals surface area contributed by atoms with Gasteiger partial charge in [-0.1, -0.05) is 26.0 Å². The van der Waals surface area contributed by atoms with E-state index < -0.39 is 0 Å². The van der Waals surface area contributed by atoms with E-state index in [1.54, 1.807) is 0 Å². The van der Waals surface area contributed by atoms with E-state index in [1.807, 2.05) is 0 Å². The van der Waals surface area contributed by atoms with Crippen LogP contribution in [0.25, 0.3) is 0 Å². The molecule has 4 N–H and O–H groups in total. The Kier molecular flexibility index (Phi) is 5.29. The summed E-state index contributed by atoms with van der Waals surface area (Å²) in [6.07, 6.45) is 1.15. The lowest BCUT2D eigenvalue weighted by Gasteiger charge is -2.13. The van der Waals surface area contributed by atoms with E-state index in [4.69, 9.17) is 10.8 Å². The molecule has 0 fully saturated rings. The molecule has 0 spiro atoms. The first kappa shape index (κ1) is 13.0. The summed E-state index contributed by atoms with van der Waals surface area (Å²) in [7, 11) is 0. The molecule has 0 aliphatic rings. The van der Waals surface area contributed by atoms with Crippen molar-refractivity contribution in [1.29, 1.82) is 0 Å². The van der Waals surface area contributed by atoms with Crippen molar-refractivity contribution in [1.82, 2.24) is 0 Å². The van der Waals surface area contributed by atoms with E-state index in [2.05, 4.69) is 43.4 Å². The second kappa shape index (κ2) is 6.51. The molecule has 1 rings (SSSR count). The van der Waals surface area contributed by atoms with Crippen LogP contribution in [0.4, 0.5) is 5.69 Å². The molecule has 2 atom stereocenters. The summed E-state index contributed by atoms with van der Waals surface area (Å²) in [5, 5.41) is 12.0. The van der Waals surface area contributed by atoms with Crippen molar-refractivity contribution in [2.45, 2.75) is 32.2 Å². The molecule has 3 nitrogen and oxygen atoms in total. The smallest absolute Gasteiger partial charge is 0.0599 e. The zero-order valence-electron chi connectivity index (χ0n) is 10.1. The van der Waals surface area contributed by atoms with Crippen molar-refractivity contribution in [3.8, 4) is 0 Å². The monoisotopic (exact) mass is 222 g/mol. The van der Waals surface area contributed by atoms with Gasteiger partial charge in [0.05, 0.1) is 6.61 Å². The molecule has 0 bridgehead atoms. The van der Waals surface area contributed by atoms with Crippen LogP contribution in [0.1, 0.15) is 31.7 Å². The number of aliphatic hydroxyl groups excluding tert-OH is 1. The maximum Gasteiger partial charge on any atom is 0.0599 e. The summed E-state index contributed by atoms with van der Waals surface area (Å²) in [6, 6.07) is 8.20. The van der Waals surface area contributed by atoms with Gasteiger partial charge in [0.15, 0.2) is 0 Å². The van der Waals surface area contributed by atoms with Crippen LogP contribution in [-0.4, -0.2) is 24.3 Å². The van der Waals surface area contributed by atoms with E-state index in [0.29, 0.717) is 12.5 Å². The standard InChI is InChI=1S/C13H22N2O/c1-3-10(2)11-4-6-13(7-5-11)15-8-12(14)9-16/h4-7,10,12,15-16H,3,8-9,14H2,1-2H3. The molecular weight excluding hydrogens is 200 g/mol. The number of anilines is 1. The summed E-state index contributed by atoms with van der Waals surface area (Å²) < 4.78 is 0. The van der Waals surface area contributed by atoms with Crippen molar-refractivity contribution in [2.75, 3.05) is 18.5 Å². The number of rotatable bonds is 6. The number of aliphatic hydroxyl groups is 1. The molecular formula is C13H22N2O. The fourth-order valence-electron chi connectivity index (χ4n) is 1.48. The van der Waals surface area contributed by atoms with Gasteiger partial charge in [-0.05, 0) is 30.0 Å². The lowest BCUT2D eigenvalue weighted by atomic mass is 9.99. The Morgan fingerprint density at radius 2 is 1.94 bits per heavy atom. The normalized spacial score (nSPS) is 14.5. The number of nitrogens with one attached hydrogen (secondary N) is 1. The predicted octanol–water partition coefficient (Wildman–Crippen LogP) is 1.93. The van der Waals surface area contributed by atoms with Gasteiger partial charge in [0.1, 0.15) is 0 Å². The maximum absolute atomic E-state index is 8.80. The second-order valence-corrected chi connectivity index (χ2v) is 4.25. The van der Waals surface area contributed by atoms with Crippen LogP contribution in [0.2, 0.25) is 0 Å². The third-order valence-electron chi connectivity index (χ3n) is 2.89. The molecule has 0 saturated carbocycles. The van der Waals surface area contributed by atoms with E-state index in [1.165, 1.54) is 5.56 Å². The molecule has 90 valence electrons. The van der Waals surface area contributed by atoms with Crippen molar-refractivity contribution in [3.63, 3.8) is 0 Å². The summed E-state index contributed by atoms with van der Waals surface area (Å²) >= 11 is 0. The summed E-state index contributed by atoms with van der Waals surface area (Å²) in [5.74, 6) is 0.605. The zero-order valence-corrected chi connectivity index (χ0v) is 10.1. The summed E-state index contributed by atoms with van der Waals surface area (Å²) in [4.78, 5) is 0. The molecule has 0 aliphatic heterocycles. The van der Waals surface area contributed by atoms with Crippen molar-refractivity contribution >= 4 is 5.69 Å². The van der Waals surface area contributed by atoms with E-state index >= 15 is 0 Å². The summed E-state index contributed by atoms with van der Waals surface area (Å²) in [5.41, 5.74) is 8.02. The average Bonchev–Trinajstić information content (AvgIpc) is 2.35. The number of hydrogen-bond acceptors (Lipinski definition) is 3. The number of benzene rings is 1. The Morgan fingerprint density at radius 1 is 1.31 bits per heavy atom. The van der Waals surface area contributed by atoms with Gasteiger partial charge in [0.2, 0.25) is 0 Å². The van der Waals surface area contributed by atoms with Crippen LogP contribution in [0, 0.1) is 0 Å². The highest BCUT2D eigenvalue weighted by Gasteiger charge is 2.03. The first-order valence-electron chi connectivity index (χ1n) is 5.87. The van der Waals surface area contributed by atoms with E-state index in [9.17, 15) is 0 Å². The van der Waals surface area contributed by atoms with E-state index in [-0.39, 0.29) is 12.6 Å². The minimum atomic E-state index is -0.200. The van der Waals surface area contributed by atoms with Crippen LogP contribution in [0.3, 0.4) is 0 Å². The van der Waals surface area contributed by atoms with Gasteiger partial charge in [-0.3, -0.25) is 0 Å². The van der Waals surface area contributed by atoms with Gasteiger partial charge < -0.3 is 16.2 Å². The highest BCUT2D eigenvalue weighted by Crippen LogP contribution is 2.20. The van der Waals surface area contributed by atoms with Crippen LogP contribution >= 0.6 is 0 Å². The quantitative estimate of drug-likeness (QED) is 0.689. The molecule has 0 radical (unpaired) electrons. The fourth-order valence-corrected chi connectivity index (χ4v) is 1.48. The van der Waals surface area contributed by atoms with Gasteiger partial charge >= 0.3 is 0 Å². The maximum atomic E-state index is 8.80. The van der Waals surface area contributed by atoms with Gasteiger partial charge in [-0.15, -0.1) is 0 Å². The molecule has 16 heavy (non-hydrogen) atoms. The number of nitrogens with two attached hydrogens (primary N) is 1. The predicted molar refractivity (Wildman–Crippen MR) is 68.7 cm³/mol. The minimum Gasteiger partial charge on any atom is -0.395 e. The Morgan fingerprint density at radius 3 is 2.44 bits per heavy atom. The Balaban J connectivity index is 2.51. The molecule has 0 heterocycles. The lowest BCUT2D eigenvalue weighted by Crippen LogP contribution is -2.32. The third kappa shape index (κ3) is 3.83. The van der Waals surface area contributed by atoms with Crippen LogP contribution in [0.15, 0.2) is 24.3 Å². The Labute approximate surface area is 97.7 Å². The van der Waals surface area contributed by atoms with Crippen molar-refractivity contribution in [3.05, 3.63) is 29.8 Å². The number of hydrogen-bond donors (Lipinski definition) is 3. The highest BCUT2D eigenvalue weighted by atomic mass is 16.3. The molecule has 2 unspecified atom stereocenters.